The molecule has 7 heteroatoms. The number of methoxy groups -OCH3 is 1. The molecule has 0 atom stereocenters. The molecule has 0 aliphatic heterocycles. The lowest BCUT2D eigenvalue weighted by molar-refractivity contribution is -0.140. The largest absolute Gasteiger partial charge is 0.469 e. The molecule has 100 valence electrons. The smallest absolute Gasteiger partial charge is 0.306 e. The van der Waals surface area contributed by atoms with Crippen molar-refractivity contribution in [2.45, 2.75) is 10.8 Å². The van der Waals surface area contributed by atoms with Crippen LogP contribution in [0.4, 0.5) is 0 Å². The Bertz CT molecular complexity index is 557. The van der Waals surface area contributed by atoms with Crippen molar-refractivity contribution in [3.63, 3.8) is 0 Å². The van der Waals surface area contributed by atoms with E-state index >= 15 is 0 Å². The van der Waals surface area contributed by atoms with Gasteiger partial charge in [0.2, 0.25) is 0 Å². The van der Waals surface area contributed by atoms with Crippen molar-refractivity contribution in [2.24, 2.45) is 0 Å². The minimum atomic E-state index is -0.213. The van der Waals surface area contributed by atoms with E-state index in [4.69, 9.17) is 11.6 Å². The van der Waals surface area contributed by atoms with Gasteiger partial charge in [0.1, 0.15) is 5.01 Å². The van der Waals surface area contributed by atoms with Crippen LogP contribution in [0.2, 0.25) is 5.02 Å². The van der Waals surface area contributed by atoms with Crippen LogP contribution in [0, 0.1) is 0 Å². The molecule has 2 rings (SSSR count). The second kappa shape index (κ2) is 6.88. The highest BCUT2D eigenvalue weighted by atomic mass is 35.5. The number of hydrogen-bond acceptors (Lipinski definition) is 6. The number of carbonyl (C=O) groups excluding carboxylic acids is 1. The average Bonchev–Trinajstić information content (AvgIpc) is 2.88. The summed E-state index contributed by atoms with van der Waals surface area (Å²) in [5.41, 5.74) is 0.988. The fraction of sp³-hybridized carbons (Fsp3) is 0.250. The monoisotopic (exact) mass is 314 g/mol. The Kier molecular flexibility index (Phi) is 5.18. The van der Waals surface area contributed by atoms with Crippen molar-refractivity contribution in [1.29, 1.82) is 0 Å². The summed E-state index contributed by atoms with van der Waals surface area (Å²) in [7, 11) is 1.39. The molecule has 0 radical (unpaired) electrons. The standard InChI is InChI=1S/C12H11ClN2O2S2/c1-17-10(16)6-7-18-12-15-14-11(19-12)8-2-4-9(13)5-3-8/h2-5H,6-7H2,1H3. The van der Waals surface area contributed by atoms with E-state index < -0.39 is 0 Å². The first-order chi connectivity index (χ1) is 9.19. The third kappa shape index (κ3) is 4.19. The van der Waals surface area contributed by atoms with E-state index in [1.165, 1.54) is 30.2 Å². The van der Waals surface area contributed by atoms with Gasteiger partial charge < -0.3 is 4.74 Å². The molecule has 0 aliphatic rings. The van der Waals surface area contributed by atoms with E-state index in [1.54, 1.807) is 0 Å². The Morgan fingerprint density at radius 2 is 2.11 bits per heavy atom. The zero-order valence-electron chi connectivity index (χ0n) is 10.1. The molecule has 0 amide bonds. The highest BCUT2D eigenvalue weighted by molar-refractivity contribution is 8.01. The zero-order chi connectivity index (χ0) is 13.7. The Labute approximate surface area is 124 Å². The normalized spacial score (nSPS) is 10.4. The van der Waals surface area contributed by atoms with Crippen LogP contribution in [0.15, 0.2) is 28.6 Å². The minimum absolute atomic E-state index is 0.213. The summed E-state index contributed by atoms with van der Waals surface area (Å²) in [6, 6.07) is 7.46. The van der Waals surface area contributed by atoms with Gasteiger partial charge in [-0.25, -0.2) is 0 Å². The van der Waals surface area contributed by atoms with Gasteiger partial charge in [-0.1, -0.05) is 46.8 Å². The first kappa shape index (κ1) is 14.3. The lowest BCUT2D eigenvalue weighted by atomic mass is 10.2. The summed E-state index contributed by atoms with van der Waals surface area (Å²) in [5, 5.41) is 9.75. The van der Waals surface area contributed by atoms with E-state index in [1.807, 2.05) is 24.3 Å². The quantitative estimate of drug-likeness (QED) is 0.624. The summed E-state index contributed by atoms with van der Waals surface area (Å²) in [5.74, 6) is 0.428. The number of aromatic nitrogens is 2. The molecule has 0 spiro atoms. The van der Waals surface area contributed by atoms with Gasteiger partial charge in [0, 0.05) is 16.3 Å². The maximum atomic E-state index is 11.0. The Hall–Kier alpha value is -1.11. The van der Waals surface area contributed by atoms with Gasteiger partial charge in [0.15, 0.2) is 4.34 Å². The van der Waals surface area contributed by atoms with Gasteiger partial charge in [-0.3, -0.25) is 4.79 Å². The zero-order valence-corrected chi connectivity index (χ0v) is 12.5. The van der Waals surface area contributed by atoms with Crippen molar-refractivity contribution >= 4 is 40.7 Å². The summed E-state index contributed by atoms with van der Waals surface area (Å²) in [4.78, 5) is 11.0. The molecule has 0 unspecified atom stereocenters. The molecular weight excluding hydrogens is 304 g/mol. The molecule has 2 aromatic rings. The Morgan fingerprint density at radius 1 is 1.37 bits per heavy atom. The van der Waals surface area contributed by atoms with E-state index in [0.717, 1.165) is 14.9 Å². The van der Waals surface area contributed by atoms with Crippen molar-refractivity contribution < 1.29 is 9.53 Å². The van der Waals surface area contributed by atoms with Crippen LogP contribution >= 0.6 is 34.7 Å². The molecule has 0 N–H and O–H groups in total. The van der Waals surface area contributed by atoms with Crippen LogP contribution in [-0.2, 0) is 9.53 Å². The second-order valence-electron chi connectivity index (χ2n) is 3.55. The van der Waals surface area contributed by atoms with E-state index in [-0.39, 0.29) is 5.97 Å². The summed E-state index contributed by atoms with van der Waals surface area (Å²) in [6.07, 6.45) is 0.372. The number of esters is 1. The highest BCUT2D eigenvalue weighted by Crippen LogP contribution is 2.30. The number of thioether (sulfide) groups is 1. The summed E-state index contributed by atoms with van der Waals surface area (Å²) < 4.78 is 5.42. The number of benzene rings is 1. The molecule has 1 heterocycles. The molecule has 0 bridgehead atoms. The van der Waals surface area contributed by atoms with Gasteiger partial charge in [0.25, 0.3) is 0 Å². The van der Waals surface area contributed by atoms with Crippen LogP contribution < -0.4 is 0 Å². The number of halogens is 1. The average molecular weight is 315 g/mol. The Morgan fingerprint density at radius 3 is 2.79 bits per heavy atom. The number of rotatable bonds is 5. The fourth-order valence-electron chi connectivity index (χ4n) is 1.30. The first-order valence-corrected chi connectivity index (χ1v) is 7.66. The molecule has 0 fully saturated rings. The molecule has 1 aromatic heterocycles. The van der Waals surface area contributed by atoms with Gasteiger partial charge in [-0.2, -0.15) is 0 Å². The van der Waals surface area contributed by atoms with E-state index in [9.17, 15) is 4.79 Å². The van der Waals surface area contributed by atoms with Crippen molar-refractivity contribution in [3.8, 4) is 10.6 Å². The third-order valence-electron chi connectivity index (χ3n) is 2.26. The van der Waals surface area contributed by atoms with Gasteiger partial charge in [0.05, 0.1) is 13.5 Å². The number of carbonyl (C=O) groups is 1. The second-order valence-corrected chi connectivity index (χ2v) is 6.31. The highest BCUT2D eigenvalue weighted by Gasteiger charge is 2.08. The predicted octanol–water partition coefficient (Wildman–Crippen LogP) is 3.51. The molecule has 1 aromatic carbocycles. The predicted molar refractivity (Wildman–Crippen MR) is 77.7 cm³/mol. The van der Waals surface area contributed by atoms with E-state index in [0.29, 0.717) is 17.2 Å². The topological polar surface area (TPSA) is 52.1 Å². The third-order valence-corrected chi connectivity index (χ3v) is 4.62. The number of ether oxygens (including phenoxy) is 1. The van der Waals surface area contributed by atoms with Gasteiger partial charge in [-0.15, -0.1) is 10.2 Å². The lowest BCUT2D eigenvalue weighted by Gasteiger charge is -1.96. The maximum Gasteiger partial charge on any atom is 0.306 e. The van der Waals surface area contributed by atoms with Crippen LogP contribution in [0.1, 0.15) is 6.42 Å². The maximum absolute atomic E-state index is 11.0. The van der Waals surface area contributed by atoms with Gasteiger partial charge >= 0.3 is 5.97 Å². The molecule has 0 saturated carbocycles. The summed E-state index contributed by atoms with van der Waals surface area (Å²) >= 11 is 8.83. The molecule has 19 heavy (non-hydrogen) atoms. The number of hydrogen-bond donors (Lipinski definition) is 0. The minimum Gasteiger partial charge on any atom is -0.469 e. The van der Waals surface area contributed by atoms with Crippen molar-refractivity contribution in [1.82, 2.24) is 10.2 Å². The van der Waals surface area contributed by atoms with Crippen LogP contribution in [-0.4, -0.2) is 29.0 Å². The molecular formula is C12H11ClN2O2S2. The molecule has 0 saturated heterocycles. The van der Waals surface area contributed by atoms with Crippen LogP contribution in [0.5, 0.6) is 0 Å². The molecule has 4 nitrogen and oxygen atoms in total. The fourth-order valence-corrected chi connectivity index (χ4v) is 3.27. The molecule has 0 aliphatic carbocycles. The van der Waals surface area contributed by atoms with Gasteiger partial charge in [-0.05, 0) is 12.1 Å². The summed E-state index contributed by atoms with van der Waals surface area (Å²) in [6.45, 7) is 0. The lowest BCUT2D eigenvalue weighted by Crippen LogP contribution is -2.00. The van der Waals surface area contributed by atoms with Crippen molar-refractivity contribution in [3.05, 3.63) is 29.3 Å². The van der Waals surface area contributed by atoms with Crippen LogP contribution in [0.25, 0.3) is 10.6 Å². The SMILES string of the molecule is COC(=O)CCSc1nnc(-c2ccc(Cl)cc2)s1. The van der Waals surface area contributed by atoms with E-state index in [2.05, 4.69) is 14.9 Å². The number of nitrogens with zero attached hydrogens (tertiary/aromatic N) is 2. The van der Waals surface area contributed by atoms with Crippen LogP contribution in [0.3, 0.4) is 0 Å². The Balaban J connectivity index is 1.95. The first-order valence-electron chi connectivity index (χ1n) is 5.48. The van der Waals surface area contributed by atoms with Crippen molar-refractivity contribution in [2.75, 3.05) is 12.9 Å².